The summed E-state index contributed by atoms with van der Waals surface area (Å²) in [6.45, 7) is 5.12. The van der Waals surface area contributed by atoms with Crippen LogP contribution in [0.1, 0.15) is 19.8 Å². The molecule has 2 fully saturated rings. The molecule has 1 aromatic rings. The fraction of sp³-hybridized carbons (Fsp3) is 0.733. The minimum Gasteiger partial charge on any atom is -0.370 e. The van der Waals surface area contributed by atoms with E-state index in [0.717, 1.165) is 43.2 Å². The number of likely N-dealkylation sites (N-methyl/N-ethyl adjacent to an activating group) is 1. The number of rotatable bonds is 5. The van der Waals surface area contributed by atoms with Crippen molar-refractivity contribution in [2.75, 3.05) is 43.9 Å². The summed E-state index contributed by atoms with van der Waals surface area (Å²) in [6.07, 6.45) is 4.66. The van der Waals surface area contributed by atoms with Gasteiger partial charge in [0.1, 0.15) is 5.82 Å². The number of hydrogen-bond acceptors (Lipinski definition) is 5. The van der Waals surface area contributed by atoms with Crippen LogP contribution in [0.3, 0.4) is 0 Å². The summed E-state index contributed by atoms with van der Waals surface area (Å²) in [5.74, 6) is 3.49. The fourth-order valence-corrected chi connectivity index (χ4v) is 3.29. The lowest BCUT2D eigenvalue weighted by molar-refractivity contribution is 0.238. The lowest BCUT2D eigenvalue weighted by Gasteiger charge is -2.24. The molecule has 0 amide bonds. The number of hydrogen-bond donors (Lipinski definition) is 1. The Morgan fingerprint density at radius 1 is 1.35 bits per heavy atom. The second kappa shape index (κ2) is 5.56. The van der Waals surface area contributed by atoms with Gasteiger partial charge in [0.2, 0.25) is 5.95 Å². The third-order valence-electron chi connectivity index (χ3n) is 4.51. The zero-order valence-corrected chi connectivity index (χ0v) is 12.7. The van der Waals surface area contributed by atoms with Crippen molar-refractivity contribution in [2.45, 2.75) is 25.8 Å². The molecule has 1 aliphatic heterocycles. The SMILES string of the molecule is CCNc1ccnc(N2C[C@@H](N(C)C)[C@H](C3CC3)C2)n1. The normalized spacial score (nSPS) is 26.3. The maximum Gasteiger partial charge on any atom is 0.227 e. The molecule has 0 spiro atoms. The maximum atomic E-state index is 4.64. The molecule has 110 valence electrons. The van der Waals surface area contributed by atoms with E-state index in [1.807, 2.05) is 12.3 Å². The summed E-state index contributed by atoms with van der Waals surface area (Å²) >= 11 is 0. The molecule has 1 saturated carbocycles. The third-order valence-corrected chi connectivity index (χ3v) is 4.51. The Hall–Kier alpha value is -1.36. The first kappa shape index (κ1) is 13.6. The van der Waals surface area contributed by atoms with Gasteiger partial charge in [0, 0.05) is 31.9 Å². The molecular formula is C15H25N5. The molecule has 2 heterocycles. The molecule has 0 radical (unpaired) electrons. The molecule has 1 aromatic heterocycles. The minimum absolute atomic E-state index is 0.633. The predicted molar refractivity (Wildman–Crippen MR) is 82.1 cm³/mol. The monoisotopic (exact) mass is 275 g/mol. The Morgan fingerprint density at radius 3 is 2.80 bits per heavy atom. The molecule has 1 aliphatic carbocycles. The number of nitrogens with zero attached hydrogens (tertiary/aromatic N) is 4. The van der Waals surface area contributed by atoms with E-state index in [1.165, 1.54) is 12.8 Å². The van der Waals surface area contributed by atoms with Gasteiger partial charge in [-0.2, -0.15) is 4.98 Å². The first-order valence-electron chi connectivity index (χ1n) is 7.67. The lowest BCUT2D eigenvalue weighted by atomic mass is 9.97. The summed E-state index contributed by atoms with van der Waals surface area (Å²) in [6, 6.07) is 2.57. The van der Waals surface area contributed by atoms with Gasteiger partial charge in [0.05, 0.1) is 0 Å². The molecule has 2 aliphatic rings. The van der Waals surface area contributed by atoms with Crippen LogP contribution in [0, 0.1) is 11.8 Å². The molecule has 1 saturated heterocycles. The van der Waals surface area contributed by atoms with Gasteiger partial charge in [0.25, 0.3) is 0 Å². The van der Waals surface area contributed by atoms with Crippen molar-refractivity contribution in [3.8, 4) is 0 Å². The standard InChI is InChI=1S/C15H25N5/c1-4-16-14-7-8-17-15(18-14)20-9-12(11-5-6-11)13(10-20)19(2)3/h7-8,11-13H,4-6,9-10H2,1-3H3,(H,16,17,18)/t12-,13+/m0/s1. The fourth-order valence-electron chi connectivity index (χ4n) is 3.29. The van der Waals surface area contributed by atoms with Crippen molar-refractivity contribution in [1.82, 2.24) is 14.9 Å². The average Bonchev–Trinajstić information content (AvgIpc) is 3.18. The van der Waals surface area contributed by atoms with Crippen LogP contribution in [0.15, 0.2) is 12.3 Å². The molecule has 5 nitrogen and oxygen atoms in total. The summed E-state index contributed by atoms with van der Waals surface area (Å²) in [4.78, 5) is 13.8. The van der Waals surface area contributed by atoms with Gasteiger partial charge in [-0.1, -0.05) is 0 Å². The predicted octanol–water partition coefficient (Wildman–Crippen LogP) is 1.68. The van der Waals surface area contributed by atoms with Crippen LogP contribution in [0.25, 0.3) is 0 Å². The molecule has 3 rings (SSSR count). The van der Waals surface area contributed by atoms with Crippen LogP contribution in [0.4, 0.5) is 11.8 Å². The van der Waals surface area contributed by atoms with E-state index in [1.54, 1.807) is 0 Å². The average molecular weight is 275 g/mol. The van der Waals surface area contributed by atoms with Gasteiger partial charge in [-0.25, -0.2) is 4.98 Å². The largest absolute Gasteiger partial charge is 0.370 e. The Morgan fingerprint density at radius 2 is 2.15 bits per heavy atom. The van der Waals surface area contributed by atoms with Crippen LogP contribution in [0.2, 0.25) is 0 Å². The van der Waals surface area contributed by atoms with E-state index < -0.39 is 0 Å². The van der Waals surface area contributed by atoms with Gasteiger partial charge >= 0.3 is 0 Å². The second-order valence-electron chi connectivity index (χ2n) is 6.21. The van der Waals surface area contributed by atoms with Crippen molar-refractivity contribution in [1.29, 1.82) is 0 Å². The van der Waals surface area contributed by atoms with Crippen molar-refractivity contribution in [3.63, 3.8) is 0 Å². The summed E-state index contributed by atoms with van der Waals surface area (Å²) in [7, 11) is 4.39. The molecule has 20 heavy (non-hydrogen) atoms. The van der Waals surface area contributed by atoms with Crippen LogP contribution < -0.4 is 10.2 Å². The molecule has 5 heteroatoms. The van der Waals surface area contributed by atoms with Gasteiger partial charge in [0.15, 0.2) is 0 Å². The molecule has 0 aromatic carbocycles. The second-order valence-corrected chi connectivity index (χ2v) is 6.21. The van der Waals surface area contributed by atoms with E-state index in [2.05, 4.69) is 46.1 Å². The van der Waals surface area contributed by atoms with Crippen LogP contribution in [-0.4, -0.2) is 54.6 Å². The van der Waals surface area contributed by atoms with E-state index in [4.69, 9.17) is 0 Å². The third kappa shape index (κ3) is 2.73. The van der Waals surface area contributed by atoms with Crippen molar-refractivity contribution in [3.05, 3.63) is 12.3 Å². The molecule has 0 bridgehead atoms. The zero-order valence-electron chi connectivity index (χ0n) is 12.7. The molecular weight excluding hydrogens is 250 g/mol. The van der Waals surface area contributed by atoms with Gasteiger partial charge in [-0.3, -0.25) is 0 Å². The Balaban J connectivity index is 1.75. The van der Waals surface area contributed by atoms with Gasteiger partial charge in [-0.05, 0) is 51.8 Å². The Labute approximate surface area is 121 Å². The Bertz CT molecular complexity index is 447. The highest BCUT2D eigenvalue weighted by molar-refractivity contribution is 5.42. The quantitative estimate of drug-likeness (QED) is 0.886. The first-order chi connectivity index (χ1) is 9.69. The van der Waals surface area contributed by atoms with E-state index in [-0.39, 0.29) is 0 Å². The highest BCUT2D eigenvalue weighted by Gasteiger charge is 2.43. The van der Waals surface area contributed by atoms with Crippen LogP contribution >= 0.6 is 0 Å². The van der Waals surface area contributed by atoms with Gasteiger partial charge in [-0.15, -0.1) is 0 Å². The van der Waals surface area contributed by atoms with Crippen LogP contribution in [-0.2, 0) is 0 Å². The van der Waals surface area contributed by atoms with E-state index in [0.29, 0.717) is 6.04 Å². The zero-order chi connectivity index (χ0) is 14.1. The summed E-state index contributed by atoms with van der Waals surface area (Å²) in [5, 5.41) is 3.26. The number of anilines is 2. The van der Waals surface area contributed by atoms with E-state index in [9.17, 15) is 0 Å². The topological polar surface area (TPSA) is 44.3 Å². The summed E-state index contributed by atoms with van der Waals surface area (Å²) < 4.78 is 0. The highest BCUT2D eigenvalue weighted by Crippen LogP contribution is 2.43. The number of nitrogens with one attached hydrogen (secondary N) is 1. The molecule has 2 atom stereocenters. The Kier molecular flexibility index (Phi) is 3.78. The minimum atomic E-state index is 0.633. The molecule has 1 N–H and O–H groups in total. The van der Waals surface area contributed by atoms with Gasteiger partial charge < -0.3 is 15.1 Å². The number of aromatic nitrogens is 2. The highest BCUT2D eigenvalue weighted by atomic mass is 15.3. The van der Waals surface area contributed by atoms with Crippen molar-refractivity contribution < 1.29 is 0 Å². The van der Waals surface area contributed by atoms with Crippen LogP contribution in [0.5, 0.6) is 0 Å². The van der Waals surface area contributed by atoms with Crippen molar-refractivity contribution >= 4 is 11.8 Å². The maximum absolute atomic E-state index is 4.64. The molecule has 0 unspecified atom stereocenters. The summed E-state index contributed by atoms with van der Waals surface area (Å²) in [5.41, 5.74) is 0. The lowest BCUT2D eigenvalue weighted by Crippen LogP contribution is -2.36. The first-order valence-corrected chi connectivity index (χ1v) is 7.67. The van der Waals surface area contributed by atoms with Crippen molar-refractivity contribution in [2.24, 2.45) is 11.8 Å². The smallest absolute Gasteiger partial charge is 0.227 e. The van der Waals surface area contributed by atoms with E-state index >= 15 is 0 Å².